The fraction of sp³-hybridized carbons (Fsp3) is 0.696. The number of hydrogen-bond donors (Lipinski definition) is 7. The molecule has 0 spiro atoms. The van der Waals surface area contributed by atoms with Crippen molar-refractivity contribution in [2.75, 3.05) is 26.4 Å². The molecule has 0 bridgehead atoms. The highest BCUT2D eigenvalue weighted by molar-refractivity contribution is 5.71. The maximum atomic E-state index is 12.9. The molecule has 11 atom stereocenters. The van der Waals surface area contributed by atoms with Crippen LogP contribution in [0.5, 0.6) is 0 Å². The molecule has 348 valence electrons. The van der Waals surface area contributed by atoms with E-state index >= 15 is 0 Å². The minimum atomic E-state index is -1.78. The highest BCUT2D eigenvalue weighted by atomic mass is 16.7. The lowest BCUT2D eigenvalue weighted by atomic mass is 9.98. The van der Waals surface area contributed by atoms with Crippen LogP contribution in [0.4, 0.5) is 0 Å². The van der Waals surface area contributed by atoms with Crippen molar-refractivity contribution in [2.45, 2.75) is 178 Å². The van der Waals surface area contributed by atoms with E-state index in [2.05, 4.69) is 62.5 Å². The van der Waals surface area contributed by atoms with E-state index in [9.17, 15) is 45.3 Å². The Hall–Kier alpha value is -3.06. The van der Waals surface area contributed by atoms with Crippen LogP contribution >= 0.6 is 0 Å². The topological polar surface area (TPSA) is 231 Å². The summed E-state index contributed by atoms with van der Waals surface area (Å²) in [6.07, 6.45) is 19.9. The summed E-state index contributed by atoms with van der Waals surface area (Å²) in [6.45, 7) is 2.25. The number of allylic oxidation sites excluding steroid dienone is 11. The van der Waals surface area contributed by atoms with Gasteiger partial charge in [-0.1, -0.05) is 112 Å². The van der Waals surface area contributed by atoms with Gasteiger partial charge in [0.05, 0.1) is 26.2 Å². The van der Waals surface area contributed by atoms with Gasteiger partial charge >= 0.3 is 11.9 Å². The quantitative estimate of drug-likeness (QED) is 0.0293. The summed E-state index contributed by atoms with van der Waals surface area (Å²) >= 11 is 0. The molecule has 0 aromatic carbocycles. The fourth-order valence-corrected chi connectivity index (χ4v) is 6.29. The van der Waals surface area contributed by atoms with Gasteiger partial charge in [0.25, 0.3) is 0 Å². The fourth-order valence-electron chi connectivity index (χ4n) is 6.29. The Labute approximate surface area is 362 Å². The number of carbonyl (C=O) groups is 2. The third-order valence-corrected chi connectivity index (χ3v) is 9.93. The summed E-state index contributed by atoms with van der Waals surface area (Å²) in [5.41, 5.74) is 0. The molecule has 61 heavy (non-hydrogen) atoms. The van der Waals surface area contributed by atoms with Gasteiger partial charge in [-0.2, -0.15) is 0 Å². The van der Waals surface area contributed by atoms with Crippen molar-refractivity contribution in [3.63, 3.8) is 0 Å². The molecular weight excluding hydrogens is 792 g/mol. The number of aliphatic hydroxyl groups excluding tert-OH is 7. The van der Waals surface area contributed by atoms with Gasteiger partial charge < -0.3 is 64.2 Å². The Morgan fingerprint density at radius 2 is 1.08 bits per heavy atom. The Balaban J connectivity index is 1.92. The van der Waals surface area contributed by atoms with E-state index in [0.29, 0.717) is 12.8 Å². The van der Waals surface area contributed by atoms with Crippen LogP contribution in [-0.4, -0.2) is 142 Å². The van der Waals surface area contributed by atoms with Gasteiger partial charge in [0.1, 0.15) is 55.4 Å². The van der Waals surface area contributed by atoms with E-state index in [1.54, 1.807) is 6.08 Å². The van der Waals surface area contributed by atoms with E-state index < -0.39 is 99.3 Å². The SMILES string of the molecule is CC/C=C\C/C=C\C/C=C\C/C=C\C/C=C\CC(=O)OC(COC(=O)CCCCCCC/C=C\CCC)COC1OC(COC2OC(CO)C(O)C(O)C2O)C(O)C(O)C1O. The average molecular weight is 867 g/mol. The molecule has 7 N–H and O–H groups in total. The number of aliphatic hydroxyl groups is 7. The Kier molecular flexibility index (Phi) is 29.7. The van der Waals surface area contributed by atoms with Crippen molar-refractivity contribution in [2.24, 2.45) is 0 Å². The van der Waals surface area contributed by atoms with Crippen LogP contribution in [0.1, 0.15) is 110 Å². The predicted octanol–water partition coefficient (Wildman–Crippen LogP) is 4.31. The molecule has 2 saturated heterocycles. The lowest BCUT2D eigenvalue weighted by Crippen LogP contribution is -2.61. The zero-order chi connectivity index (χ0) is 44.7. The Bertz CT molecular complexity index is 1340. The molecule has 0 aromatic heterocycles. The molecule has 0 amide bonds. The van der Waals surface area contributed by atoms with Crippen LogP contribution in [0.3, 0.4) is 0 Å². The summed E-state index contributed by atoms with van der Waals surface area (Å²) < 4.78 is 33.2. The standard InChI is InChI=1S/C46H74O15/c1-3-5-7-9-11-13-15-16-17-18-19-21-23-25-27-29-38(49)59-34(31-56-37(48)28-26-24-22-20-14-12-10-8-6-4-2)32-57-45-44(55)42(53)40(51)36(61-45)33-58-46-43(54)41(52)39(50)35(30-47)60-46/h5,7-8,10-11,13,16-17,19,21,25,27,34-36,39-47,50-55H,3-4,6,9,12,14-15,18,20,22-24,26,28-33H2,1-2H3/b7-5-,10-8-,13-11-,17-16-,21-19-,27-25-. The van der Waals surface area contributed by atoms with Crippen LogP contribution in [-0.2, 0) is 38.0 Å². The number of rotatable bonds is 31. The smallest absolute Gasteiger partial charge is 0.310 e. The second-order valence-corrected chi connectivity index (χ2v) is 15.2. The van der Waals surface area contributed by atoms with Gasteiger partial charge in [-0.25, -0.2) is 0 Å². The van der Waals surface area contributed by atoms with E-state index in [-0.39, 0.29) is 19.4 Å². The van der Waals surface area contributed by atoms with Crippen molar-refractivity contribution >= 4 is 11.9 Å². The minimum Gasteiger partial charge on any atom is -0.462 e. The van der Waals surface area contributed by atoms with Crippen LogP contribution in [0, 0.1) is 0 Å². The van der Waals surface area contributed by atoms with Gasteiger partial charge in [0.2, 0.25) is 0 Å². The number of ether oxygens (including phenoxy) is 6. The molecule has 15 heteroatoms. The zero-order valence-electron chi connectivity index (χ0n) is 36.1. The number of unbranched alkanes of at least 4 members (excludes halogenated alkanes) is 6. The monoisotopic (exact) mass is 867 g/mol. The third-order valence-electron chi connectivity index (χ3n) is 9.93. The van der Waals surface area contributed by atoms with Gasteiger partial charge in [-0.3, -0.25) is 9.59 Å². The first kappa shape index (κ1) is 54.1. The van der Waals surface area contributed by atoms with E-state index in [0.717, 1.165) is 70.6 Å². The summed E-state index contributed by atoms with van der Waals surface area (Å²) in [6, 6.07) is 0. The van der Waals surface area contributed by atoms with E-state index in [1.165, 1.54) is 0 Å². The minimum absolute atomic E-state index is 0.0722. The normalized spacial score (nSPS) is 28.0. The molecular formula is C46H74O15. The molecule has 2 aliphatic heterocycles. The maximum absolute atomic E-state index is 12.9. The van der Waals surface area contributed by atoms with Crippen LogP contribution in [0.2, 0.25) is 0 Å². The molecule has 0 radical (unpaired) electrons. The molecule has 11 unspecified atom stereocenters. The largest absolute Gasteiger partial charge is 0.462 e. The number of esters is 2. The van der Waals surface area contributed by atoms with Gasteiger partial charge in [0, 0.05) is 6.42 Å². The molecule has 2 rings (SSSR count). The number of carbonyl (C=O) groups excluding carboxylic acids is 2. The summed E-state index contributed by atoms with van der Waals surface area (Å²) in [5.74, 6) is -1.10. The Morgan fingerprint density at radius 1 is 0.557 bits per heavy atom. The number of hydrogen-bond acceptors (Lipinski definition) is 15. The second kappa shape index (κ2) is 33.5. The average Bonchev–Trinajstić information content (AvgIpc) is 3.25. The summed E-state index contributed by atoms with van der Waals surface area (Å²) in [4.78, 5) is 25.5. The van der Waals surface area contributed by atoms with Crippen LogP contribution < -0.4 is 0 Å². The summed E-state index contributed by atoms with van der Waals surface area (Å²) in [5, 5.41) is 71.8. The molecule has 0 aromatic rings. The first-order valence-corrected chi connectivity index (χ1v) is 22.0. The highest BCUT2D eigenvalue weighted by Crippen LogP contribution is 2.26. The van der Waals surface area contributed by atoms with Gasteiger partial charge in [-0.05, 0) is 57.8 Å². The van der Waals surface area contributed by atoms with E-state index in [4.69, 9.17) is 28.4 Å². The first-order chi connectivity index (χ1) is 29.5. The van der Waals surface area contributed by atoms with Crippen molar-refractivity contribution in [1.29, 1.82) is 0 Å². The zero-order valence-corrected chi connectivity index (χ0v) is 36.1. The predicted molar refractivity (Wildman–Crippen MR) is 229 cm³/mol. The van der Waals surface area contributed by atoms with Gasteiger partial charge in [0.15, 0.2) is 18.7 Å². The lowest BCUT2D eigenvalue weighted by Gasteiger charge is -2.42. The summed E-state index contributed by atoms with van der Waals surface area (Å²) in [7, 11) is 0. The molecule has 0 aliphatic carbocycles. The first-order valence-electron chi connectivity index (χ1n) is 22.0. The molecule has 2 aliphatic rings. The maximum Gasteiger partial charge on any atom is 0.310 e. The van der Waals surface area contributed by atoms with Crippen LogP contribution in [0.25, 0.3) is 0 Å². The van der Waals surface area contributed by atoms with E-state index in [1.807, 2.05) is 18.2 Å². The lowest BCUT2D eigenvalue weighted by molar-refractivity contribution is -0.332. The molecule has 0 saturated carbocycles. The molecule has 2 heterocycles. The molecule has 15 nitrogen and oxygen atoms in total. The van der Waals surface area contributed by atoms with Crippen molar-refractivity contribution in [1.82, 2.24) is 0 Å². The highest BCUT2D eigenvalue weighted by Gasteiger charge is 2.47. The van der Waals surface area contributed by atoms with Crippen molar-refractivity contribution < 1.29 is 73.8 Å². The second-order valence-electron chi connectivity index (χ2n) is 15.2. The molecule has 2 fully saturated rings. The van der Waals surface area contributed by atoms with Crippen LogP contribution in [0.15, 0.2) is 72.9 Å². The third kappa shape index (κ3) is 22.7. The van der Waals surface area contributed by atoms with Gasteiger partial charge in [-0.15, -0.1) is 0 Å². The Morgan fingerprint density at radius 3 is 1.69 bits per heavy atom. The van der Waals surface area contributed by atoms with Crippen molar-refractivity contribution in [3.05, 3.63) is 72.9 Å². The van der Waals surface area contributed by atoms with Crippen molar-refractivity contribution in [3.8, 4) is 0 Å².